The molecule has 0 amide bonds. The molecule has 260 valence electrons. The van der Waals surface area contributed by atoms with E-state index in [-0.39, 0.29) is 0 Å². The number of nitrogens with zero attached hydrogens (tertiary/aromatic N) is 5. The van der Waals surface area contributed by atoms with Crippen molar-refractivity contribution in [2.45, 2.75) is 38.0 Å². The molecule has 0 spiro atoms. The zero-order chi connectivity index (χ0) is 35.3. The van der Waals surface area contributed by atoms with Gasteiger partial charge in [-0.1, -0.05) is 109 Å². The summed E-state index contributed by atoms with van der Waals surface area (Å²) >= 11 is 0. The van der Waals surface area contributed by atoms with E-state index in [1.54, 1.807) is 0 Å². The Bertz CT molecular complexity index is 2800. The lowest BCUT2D eigenvalue weighted by Gasteiger charge is -2.55. The Labute approximate surface area is 314 Å². The van der Waals surface area contributed by atoms with E-state index in [0.29, 0.717) is 17.7 Å². The highest BCUT2D eigenvalue weighted by Crippen LogP contribution is 2.60. The van der Waals surface area contributed by atoms with Crippen molar-refractivity contribution in [1.29, 1.82) is 0 Å². The van der Waals surface area contributed by atoms with E-state index < -0.39 is 0 Å². The molecule has 6 aromatic carbocycles. The lowest BCUT2D eigenvalue weighted by atomic mass is 9.50. The summed E-state index contributed by atoms with van der Waals surface area (Å²) in [6, 6.07) is 52.3. The van der Waals surface area contributed by atoms with Crippen LogP contribution in [0.25, 0.3) is 78.0 Å². The summed E-state index contributed by atoms with van der Waals surface area (Å²) in [7, 11) is 0. The van der Waals surface area contributed by atoms with E-state index in [2.05, 4.69) is 155 Å². The fraction of sp³-hybridized carbons (Fsp3) is 0.204. The summed E-state index contributed by atoms with van der Waals surface area (Å²) in [5.74, 6) is 5.94. The molecule has 9 aromatic rings. The van der Waals surface area contributed by atoms with Crippen molar-refractivity contribution in [3.8, 4) is 34.4 Å². The van der Waals surface area contributed by atoms with Crippen LogP contribution in [-0.4, -0.2) is 24.1 Å². The first kappa shape index (κ1) is 30.4. The highest BCUT2D eigenvalue weighted by molar-refractivity contribution is 6.10. The van der Waals surface area contributed by atoms with E-state index in [9.17, 15) is 0 Å². The molecular weight excluding hydrogens is 659 g/mol. The Morgan fingerprint density at radius 3 is 1.37 bits per heavy atom. The average molecular weight is 698 g/mol. The van der Waals surface area contributed by atoms with Crippen molar-refractivity contribution in [3.05, 3.63) is 151 Å². The maximum absolute atomic E-state index is 5.50. The van der Waals surface area contributed by atoms with Crippen molar-refractivity contribution in [1.82, 2.24) is 24.1 Å². The summed E-state index contributed by atoms with van der Waals surface area (Å²) < 4.78 is 4.62. The minimum atomic E-state index is 0.552. The van der Waals surface area contributed by atoms with Crippen molar-refractivity contribution in [2.24, 2.45) is 23.7 Å². The van der Waals surface area contributed by atoms with Crippen LogP contribution in [0, 0.1) is 23.7 Å². The second-order valence-electron chi connectivity index (χ2n) is 16.1. The Hall–Kier alpha value is -6.07. The predicted octanol–water partition coefficient (Wildman–Crippen LogP) is 11.9. The van der Waals surface area contributed by atoms with Gasteiger partial charge in [-0.2, -0.15) is 9.97 Å². The minimum absolute atomic E-state index is 0.552. The Kier molecular flexibility index (Phi) is 6.59. The van der Waals surface area contributed by atoms with Gasteiger partial charge in [0.05, 0.1) is 27.8 Å². The number of fused-ring (bicyclic) bond motifs is 6. The summed E-state index contributed by atoms with van der Waals surface area (Å²) in [5.41, 5.74) is 9.10. The van der Waals surface area contributed by atoms with Gasteiger partial charge in [0, 0.05) is 32.7 Å². The summed E-state index contributed by atoms with van der Waals surface area (Å²) in [5, 5.41) is 4.84. The molecule has 4 bridgehead atoms. The van der Waals surface area contributed by atoms with Crippen LogP contribution in [0.4, 0.5) is 0 Å². The second-order valence-corrected chi connectivity index (χ2v) is 16.1. The first-order valence-corrected chi connectivity index (χ1v) is 19.7. The molecule has 0 saturated heterocycles. The summed E-state index contributed by atoms with van der Waals surface area (Å²) in [4.78, 5) is 16.4. The van der Waals surface area contributed by atoms with Gasteiger partial charge in [0.1, 0.15) is 0 Å². The first-order valence-electron chi connectivity index (χ1n) is 19.7. The van der Waals surface area contributed by atoms with Crippen molar-refractivity contribution < 1.29 is 0 Å². The smallest absolute Gasteiger partial charge is 0.238 e. The monoisotopic (exact) mass is 697 g/mol. The molecule has 3 heterocycles. The van der Waals surface area contributed by atoms with Crippen molar-refractivity contribution in [3.63, 3.8) is 0 Å². The maximum atomic E-state index is 5.50. The Morgan fingerprint density at radius 1 is 0.389 bits per heavy atom. The lowest BCUT2D eigenvalue weighted by Crippen LogP contribution is -2.43. The Balaban J connectivity index is 1.13. The quantitative estimate of drug-likeness (QED) is 0.180. The number of hydrogen-bond donors (Lipinski definition) is 0. The third kappa shape index (κ3) is 4.48. The van der Waals surface area contributed by atoms with Crippen LogP contribution in [0.2, 0.25) is 0 Å². The number of para-hydroxylation sites is 5. The van der Waals surface area contributed by atoms with Gasteiger partial charge in [-0.25, -0.2) is 4.98 Å². The predicted molar refractivity (Wildman–Crippen MR) is 219 cm³/mol. The van der Waals surface area contributed by atoms with Crippen molar-refractivity contribution in [2.75, 3.05) is 0 Å². The molecular formula is C49H39N5. The van der Waals surface area contributed by atoms with E-state index >= 15 is 0 Å². The molecule has 5 heteroatoms. The summed E-state index contributed by atoms with van der Waals surface area (Å²) in [6.07, 6.45) is 6.92. The standard InChI is InChI=1S/C49H39N5/c1-2-18-39(38(17-1)46-32-26-30-25-31(28-32)29-33(46)27-30)47-50-48(52-49(51-47)54-43-22-10-5-15-36(43)37-16-6-11-23-44(37)54)40-19-7-12-24-45(40)53-41-20-8-3-13-34(41)35-14-4-9-21-42(35)53/h1-24,30-33,46H,25-29H2. The van der Waals surface area contributed by atoms with Crippen LogP contribution in [0.1, 0.15) is 43.6 Å². The van der Waals surface area contributed by atoms with Crippen molar-refractivity contribution >= 4 is 43.6 Å². The molecule has 3 aromatic heterocycles. The molecule has 4 aliphatic rings. The van der Waals surface area contributed by atoms with Gasteiger partial charge in [-0.3, -0.25) is 4.57 Å². The van der Waals surface area contributed by atoms with Crippen LogP contribution in [0.3, 0.4) is 0 Å². The fourth-order valence-electron chi connectivity index (χ4n) is 11.3. The van der Waals surface area contributed by atoms with Gasteiger partial charge < -0.3 is 4.57 Å². The topological polar surface area (TPSA) is 48.5 Å². The molecule has 5 nitrogen and oxygen atoms in total. The lowest BCUT2D eigenvalue weighted by molar-refractivity contribution is -0.00261. The van der Waals surface area contributed by atoms with Crippen LogP contribution in [-0.2, 0) is 0 Å². The summed E-state index contributed by atoms with van der Waals surface area (Å²) in [6.45, 7) is 0. The maximum Gasteiger partial charge on any atom is 0.238 e. The largest absolute Gasteiger partial charge is 0.309 e. The molecule has 13 rings (SSSR count). The molecule has 4 fully saturated rings. The van der Waals surface area contributed by atoms with Gasteiger partial charge in [-0.05, 0) is 104 Å². The normalized spacial score (nSPS) is 21.9. The van der Waals surface area contributed by atoms with Gasteiger partial charge in [0.2, 0.25) is 5.95 Å². The third-order valence-corrected chi connectivity index (χ3v) is 13.2. The average Bonchev–Trinajstić information content (AvgIpc) is 3.74. The third-order valence-electron chi connectivity index (χ3n) is 13.2. The van der Waals surface area contributed by atoms with Gasteiger partial charge >= 0.3 is 0 Å². The minimum Gasteiger partial charge on any atom is -0.309 e. The number of aromatic nitrogens is 5. The van der Waals surface area contributed by atoms with E-state index in [1.807, 2.05) is 0 Å². The van der Waals surface area contributed by atoms with E-state index in [0.717, 1.165) is 68.4 Å². The zero-order valence-electron chi connectivity index (χ0n) is 30.0. The molecule has 4 saturated carbocycles. The zero-order valence-corrected chi connectivity index (χ0v) is 30.0. The number of benzene rings is 6. The van der Waals surface area contributed by atoms with Crippen LogP contribution in [0.15, 0.2) is 146 Å². The van der Waals surface area contributed by atoms with Crippen LogP contribution >= 0.6 is 0 Å². The molecule has 54 heavy (non-hydrogen) atoms. The molecule has 0 atom stereocenters. The molecule has 0 aliphatic heterocycles. The molecule has 4 aliphatic carbocycles. The molecule has 0 unspecified atom stereocenters. The Morgan fingerprint density at radius 2 is 0.815 bits per heavy atom. The van der Waals surface area contributed by atoms with Crippen LogP contribution < -0.4 is 0 Å². The highest BCUT2D eigenvalue weighted by Gasteiger charge is 2.49. The second kappa shape index (κ2) is 11.7. The highest BCUT2D eigenvalue weighted by atomic mass is 15.2. The number of hydrogen-bond acceptors (Lipinski definition) is 3. The van der Waals surface area contributed by atoms with Crippen LogP contribution in [0.5, 0.6) is 0 Å². The molecule has 0 radical (unpaired) electrons. The SMILES string of the molecule is c1ccc(C2C3CC4CC(C3)CC2C4)c(-c2nc(-c3ccccc3-n3c4ccccc4c4ccccc43)nc(-n3c4ccccc4c4ccccc43)n2)c1. The van der Waals surface area contributed by atoms with Gasteiger partial charge in [-0.15, -0.1) is 0 Å². The van der Waals surface area contributed by atoms with E-state index in [1.165, 1.54) is 59.2 Å². The number of rotatable bonds is 5. The van der Waals surface area contributed by atoms with E-state index in [4.69, 9.17) is 15.0 Å². The van der Waals surface area contributed by atoms with Gasteiger partial charge in [0.25, 0.3) is 0 Å². The van der Waals surface area contributed by atoms with Gasteiger partial charge in [0.15, 0.2) is 11.6 Å². The first-order chi connectivity index (χ1) is 26.8. The fourth-order valence-corrected chi connectivity index (χ4v) is 11.3. The molecule has 0 N–H and O–H groups in total.